The van der Waals surface area contributed by atoms with Crippen molar-refractivity contribution in [2.45, 2.75) is 0 Å². The van der Waals surface area contributed by atoms with Crippen LogP contribution in [0, 0.1) is 0 Å². The molecule has 0 bridgehead atoms. The van der Waals surface area contributed by atoms with Gasteiger partial charge in [-0.2, -0.15) is 4.98 Å². The summed E-state index contributed by atoms with van der Waals surface area (Å²) in [6, 6.07) is 15.3. The Morgan fingerprint density at radius 3 is 2.50 bits per heavy atom. The van der Waals surface area contributed by atoms with E-state index in [4.69, 9.17) is 37.2 Å². The summed E-state index contributed by atoms with van der Waals surface area (Å²) in [7, 11) is 2.95. The maximum Gasteiger partial charge on any atom is 0.275 e. The second kappa shape index (κ2) is 9.25. The minimum atomic E-state index is -0.496. The fourth-order valence-electron chi connectivity index (χ4n) is 2.92. The summed E-state index contributed by atoms with van der Waals surface area (Å²) in [5.74, 6) is 0.804. The van der Waals surface area contributed by atoms with E-state index in [1.807, 2.05) is 12.1 Å². The Morgan fingerprint density at radius 2 is 1.75 bits per heavy atom. The summed E-state index contributed by atoms with van der Waals surface area (Å²) < 4.78 is 15.9. The van der Waals surface area contributed by atoms with E-state index in [2.05, 4.69) is 20.4 Å². The van der Waals surface area contributed by atoms with Crippen LogP contribution in [0.5, 0.6) is 11.6 Å². The fraction of sp³-hybridized carbons (Fsp3) is 0.0909. The highest BCUT2D eigenvalue weighted by Gasteiger charge is 2.18. The average Bonchev–Trinajstić information content (AvgIpc) is 3.29. The summed E-state index contributed by atoms with van der Waals surface area (Å²) in [6.45, 7) is 0. The molecular formula is C22H16Cl2N4O4. The Labute approximate surface area is 193 Å². The van der Waals surface area contributed by atoms with Crippen LogP contribution in [0.1, 0.15) is 10.5 Å². The molecule has 162 valence electrons. The van der Waals surface area contributed by atoms with Gasteiger partial charge in [0.2, 0.25) is 11.7 Å². The molecule has 0 atom stereocenters. The molecule has 0 aliphatic heterocycles. The molecule has 0 fully saturated rings. The number of halogens is 2. The summed E-state index contributed by atoms with van der Waals surface area (Å²) in [5.41, 5.74) is 1.70. The maximum absolute atomic E-state index is 12.6. The number of ether oxygens (including phenoxy) is 2. The molecule has 2 aromatic heterocycles. The van der Waals surface area contributed by atoms with Gasteiger partial charge in [0.05, 0.1) is 35.4 Å². The molecule has 0 unspecified atom stereocenters. The van der Waals surface area contributed by atoms with E-state index in [9.17, 15) is 4.79 Å². The van der Waals surface area contributed by atoms with Crippen LogP contribution in [0.25, 0.3) is 22.8 Å². The van der Waals surface area contributed by atoms with Crippen LogP contribution in [0.2, 0.25) is 10.0 Å². The summed E-state index contributed by atoms with van der Waals surface area (Å²) in [4.78, 5) is 21.2. The Balaban J connectivity index is 1.60. The zero-order chi connectivity index (χ0) is 22.7. The first-order chi connectivity index (χ1) is 15.5. The van der Waals surface area contributed by atoms with E-state index < -0.39 is 5.91 Å². The first kappa shape index (κ1) is 21.6. The van der Waals surface area contributed by atoms with Crippen LogP contribution in [0.15, 0.2) is 59.1 Å². The molecule has 0 saturated carbocycles. The Hall–Kier alpha value is -3.62. The van der Waals surface area contributed by atoms with Crippen LogP contribution >= 0.6 is 23.2 Å². The van der Waals surface area contributed by atoms with Crippen molar-refractivity contribution in [2.75, 3.05) is 19.5 Å². The number of methoxy groups -OCH3 is 2. The lowest BCUT2D eigenvalue weighted by Gasteiger charge is -2.10. The van der Waals surface area contributed by atoms with Gasteiger partial charge >= 0.3 is 0 Å². The van der Waals surface area contributed by atoms with Crippen molar-refractivity contribution < 1.29 is 18.8 Å². The Morgan fingerprint density at radius 1 is 0.938 bits per heavy atom. The van der Waals surface area contributed by atoms with Gasteiger partial charge in [0.25, 0.3) is 11.8 Å². The van der Waals surface area contributed by atoms with Crippen molar-refractivity contribution in [3.63, 3.8) is 0 Å². The van der Waals surface area contributed by atoms with Crippen molar-refractivity contribution in [1.82, 2.24) is 15.1 Å². The van der Waals surface area contributed by atoms with Gasteiger partial charge in [0.15, 0.2) is 5.69 Å². The van der Waals surface area contributed by atoms with Crippen LogP contribution in [0.4, 0.5) is 5.69 Å². The van der Waals surface area contributed by atoms with Crippen molar-refractivity contribution in [2.24, 2.45) is 0 Å². The molecule has 10 heteroatoms. The number of nitrogens with zero attached hydrogens (tertiary/aromatic N) is 3. The molecule has 1 amide bonds. The average molecular weight is 471 g/mol. The SMILES string of the molecule is COc1ccc(Cl)c(C(=O)Nc2ccc(-c3noc(-c4ccccc4Cl)n3)c(OC)c2)n1. The molecule has 0 aliphatic rings. The van der Waals surface area contributed by atoms with Crippen molar-refractivity contribution in [3.05, 3.63) is 70.3 Å². The first-order valence-electron chi connectivity index (χ1n) is 9.29. The Kier molecular flexibility index (Phi) is 6.25. The third-order valence-corrected chi connectivity index (χ3v) is 5.11. The first-order valence-corrected chi connectivity index (χ1v) is 10.0. The van der Waals surface area contributed by atoms with Crippen molar-refractivity contribution in [1.29, 1.82) is 0 Å². The minimum absolute atomic E-state index is 0.0385. The van der Waals surface area contributed by atoms with E-state index in [1.54, 1.807) is 42.5 Å². The number of carbonyl (C=O) groups is 1. The number of aromatic nitrogens is 3. The number of pyridine rings is 1. The molecule has 2 aromatic carbocycles. The van der Waals surface area contributed by atoms with Crippen LogP contribution in [-0.2, 0) is 0 Å². The van der Waals surface area contributed by atoms with Gasteiger partial charge in [-0.25, -0.2) is 4.98 Å². The largest absolute Gasteiger partial charge is 0.496 e. The number of amides is 1. The third-order valence-electron chi connectivity index (χ3n) is 4.48. The highest BCUT2D eigenvalue weighted by molar-refractivity contribution is 6.34. The van der Waals surface area contributed by atoms with Gasteiger partial charge in [-0.3, -0.25) is 4.79 Å². The van der Waals surface area contributed by atoms with Gasteiger partial charge in [-0.15, -0.1) is 0 Å². The molecule has 1 N–H and O–H groups in total. The summed E-state index contributed by atoms with van der Waals surface area (Å²) >= 11 is 12.3. The van der Waals surface area contributed by atoms with E-state index >= 15 is 0 Å². The van der Waals surface area contributed by atoms with E-state index in [1.165, 1.54) is 14.2 Å². The topological polar surface area (TPSA) is 99.4 Å². The number of rotatable bonds is 6. The van der Waals surface area contributed by atoms with Gasteiger partial charge < -0.3 is 19.3 Å². The van der Waals surface area contributed by atoms with Crippen LogP contribution in [-0.4, -0.2) is 35.3 Å². The highest BCUT2D eigenvalue weighted by atomic mass is 35.5. The third kappa shape index (κ3) is 4.37. The molecule has 8 nitrogen and oxygen atoms in total. The summed E-state index contributed by atoms with van der Waals surface area (Å²) in [6.07, 6.45) is 0. The molecule has 4 aromatic rings. The van der Waals surface area contributed by atoms with Gasteiger partial charge in [-0.1, -0.05) is 40.5 Å². The standard InChI is InChI=1S/C22H16Cl2N4O4/c1-30-17-11-12(25-21(29)19-16(24)9-10-18(26-19)31-2)7-8-14(17)20-27-22(32-28-20)13-5-3-4-6-15(13)23/h3-11H,1-2H3,(H,25,29). The molecule has 0 saturated heterocycles. The molecule has 4 rings (SSSR count). The van der Waals surface area contributed by atoms with E-state index in [0.29, 0.717) is 33.4 Å². The second-order valence-corrected chi connectivity index (χ2v) is 7.27. The van der Waals surface area contributed by atoms with E-state index in [-0.39, 0.29) is 22.5 Å². The number of carbonyl (C=O) groups excluding carboxylic acids is 1. The minimum Gasteiger partial charge on any atom is -0.496 e. The predicted molar refractivity (Wildman–Crippen MR) is 120 cm³/mol. The molecule has 32 heavy (non-hydrogen) atoms. The van der Waals surface area contributed by atoms with Gasteiger partial charge in [0, 0.05) is 17.8 Å². The zero-order valence-electron chi connectivity index (χ0n) is 16.9. The second-order valence-electron chi connectivity index (χ2n) is 6.46. The molecular weight excluding hydrogens is 455 g/mol. The number of hydrogen-bond donors (Lipinski definition) is 1. The fourth-order valence-corrected chi connectivity index (χ4v) is 3.33. The Bertz CT molecular complexity index is 1290. The highest BCUT2D eigenvalue weighted by Crippen LogP contribution is 2.33. The number of benzene rings is 2. The molecule has 0 aliphatic carbocycles. The van der Waals surface area contributed by atoms with Gasteiger partial charge in [-0.05, 0) is 30.3 Å². The van der Waals surface area contributed by atoms with Gasteiger partial charge in [0.1, 0.15) is 5.75 Å². The number of nitrogens with one attached hydrogen (secondary N) is 1. The van der Waals surface area contributed by atoms with Crippen LogP contribution < -0.4 is 14.8 Å². The van der Waals surface area contributed by atoms with Crippen LogP contribution in [0.3, 0.4) is 0 Å². The predicted octanol–water partition coefficient (Wildman–Crippen LogP) is 5.37. The lowest BCUT2D eigenvalue weighted by Crippen LogP contribution is -2.14. The van der Waals surface area contributed by atoms with Crippen molar-refractivity contribution in [3.8, 4) is 34.5 Å². The zero-order valence-corrected chi connectivity index (χ0v) is 18.4. The number of hydrogen-bond acceptors (Lipinski definition) is 7. The normalized spacial score (nSPS) is 10.6. The maximum atomic E-state index is 12.6. The van der Waals surface area contributed by atoms with Crippen molar-refractivity contribution >= 4 is 34.8 Å². The molecule has 0 spiro atoms. The monoisotopic (exact) mass is 470 g/mol. The number of anilines is 1. The lowest BCUT2D eigenvalue weighted by molar-refractivity contribution is 0.102. The smallest absolute Gasteiger partial charge is 0.275 e. The molecule has 0 radical (unpaired) electrons. The molecule has 2 heterocycles. The summed E-state index contributed by atoms with van der Waals surface area (Å²) in [5, 5.41) is 7.46. The van der Waals surface area contributed by atoms with E-state index in [0.717, 1.165) is 0 Å². The lowest BCUT2D eigenvalue weighted by atomic mass is 10.1. The quantitative estimate of drug-likeness (QED) is 0.403.